The minimum absolute atomic E-state index is 0.117. The molecule has 0 radical (unpaired) electrons. The third-order valence-electron chi connectivity index (χ3n) is 3.37. The maximum Gasteiger partial charge on any atom is 0.387 e. The quantitative estimate of drug-likeness (QED) is 0.592. The van der Waals surface area contributed by atoms with Crippen molar-refractivity contribution in [3.63, 3.8) is 0 Å². The smallest absolute Gasteiger partial charge is 0.387 e. The summed E-state index contributed by atoms with van der Waals surface area (Å²) < 4.78 is 34.5. The molecule has 0 aliphatic heterocycles. The molecule has 1 aromatic heterocycles. The first-order valence-corrected chi connectivity index (χ1v) is 7.96. The van der Waals surface area contributed by atoms with Crippen LogP contribution in [0.2, 0.25) is 0 Å². The Kier molecular flexibility index (Phi) is 6.73. The van der Waals surface area contributed by atoms with Crippen molar-refractivity contribution in [1.82, 2.24) is 15.6 Å². The summed E-state index contributed by atoms with van der Waals surface area (Å²) >= 11 is 0. The highest BCUT2D eigenvalue weighted by Gasteiger charge is 2.07. The molecule has 2 rings (SSSR count). The highest BCUT2D eigenvalue weighted by molar-refractivity contribution is 5.79. The van der Waals surface area contributed by atoms with Gasteiger partial charge in [-0.15, -0.1) is 0 Å². The number of hydrogen-bond donors (Lipinski definition) is 2. The average Bonchev–Trinajstić information content (AvgIpc) is 2.88. The van der Waals surface area contributed by atoms with Crippen molar-refractivity contribution in [3.05, 3.63) is 47.2 Å². The number of benzene rings is 1. The summed E-state index contributed by atoms with van der Waals surface area (Å²) in [5.41, 5.74) is 1.62. The van der Waals surface area contributed by atoms with Crippen molar-refractivity contribution in [2.75, 3.05) is 6.54 Å². The van der Waals surface area contributed by atoms with Gasteiger partial charge < -0.3 is 19.8 Å². The van der Waals surface area contributed by atoms with Gasteiger partial charge in [0.1, 0.15) is 11.5 Å². The molecular weight excluding hydrogens is 330 g/mol. The van der Waals surface area contributed by atoms with Gasteiger partial charge in [0.05, 0.1) is 18.8 Å². The summed E-state index contributed by atoms with van der Waals surface area (Å²) in [6.07, 6.45) is 0. The molecule has 0 saturated carbocycles. The third kappa shape index (κ3) is 6.06. The van der Waals surface area contributed by atoms with E-state index in [0.29, 0.717) is 31.5 Å². The molecule has 6 nitrogen and oxygen atoms in total. The van der Waals surface area contributed by atoms with Crippen LogP contribution in [0.3, 0.4) is 0 Å². The molecule has 0 fully saturated rings. The van der Waals surface area contributed by atoms with Crippen LogP contribution in [0.4, 0.5) is 8.78 Å². The lowest BCUT2D eigenvalue weighted by Crippen LogP contribution is -2.36. The van der Waals surface area contributed by atoms with Gasteiger partial charge in [-0.2, -0.15) is 8.78 Å². The van der Waals surface area contributed by atoms with E-state index in [2.05, 4.69) is 25.3 Å². The van der Waals surface area contributed by atoms with Crippen molar-refractivity contribution in [3.8, 4) is 5.75 Å². The molecule has 136 valence electrons. The number of nitrogens with zero attached hydrogens (tertiary/aromatic N) is 2. The van der Waals surface area contributed by atoms with Gasteiger partial charge in [-0.25, -0.2) is 9.98 Å². The predicted octanol–water partition coefficient (Wildman–Crippen LogP) is 3.15. The highest BCUT2D eigenvalue weighted by atomic mass is 19.3. The standard InChI is InChI=1S/C17H22F2N4O2/c1-4-20-17(22-10-15-23-11(2)12(3)24-15)21-9-13-6-5-7-14(8-13)25-16(18)19/h5-8,16H,4,9-10H2,1-3H3,(H2,20,21,22). The highest BCUT2D eigenvalue weighted by Crippen LogP contribution is 2.16. The van der Waals surface area contributed by atoms with Crippen LogP contribution in [0.15, 0.2) is 33.7 Å². The van der Waals surface area contributed by atoms with Crippen molar-refractivity contribution >= 4 is 5.96 Å². The van der Waals surface area contributed by atoms with E-state index < -0.39 is 6.61 Å². The molecule has 0 atom stereocenters. The van der Waals surface area contributed by atoms with E-state index in [1.165, 1.54) is 6.07 Å². The number of halogens is 2. The van der Waals surface area contributed by atoms with E-state index in [4.69, 9.17) is 4.42 Å². The molecule has 0 saturated heterocycles. The molecule has 0 amide bonds. The summed E-state index contributed by atoms with van der Waals surface area (Å²) in [4.78, 5) is 8.73. The molecule has 2 aromatic rings. The van der Waals surface area contributed by atoms with Gasteiger partial charge >= 0.3 is 6.61 Å². The van der Waals surface area contributed by atoms with Gasteiger partial charge in [0.2, 0.25) is 5.89 Å². The zero-order valence-corrected chi connectivity index (χ0v) is 14.5. The van der Waals surface area contributed by atoms with Gasteiger partial charge in [0.15, 0.2) is 5.96 Å². The first kappa shape index (κ1) is 18.7. The number of aryl methyl sites for hydroxylation is 2. The molecule has 1 aromatic carbocycles. The van der Waals surface area contributed by atoms with Crippen LogP contribution in [0.1, 0.15) is 29.8 Å². The first-order chi connectivity index (χ1) is 12.0. The largest absolute Gasteiger partial charge is 0.444 e. The van der Waals surface area contributed by atoms with Crippen LogP contribution in [0.5, 0.6) is 5.75 Å². The Morgan fingerprint density at radius 2 is 2.12 bits per heavy atom. The molecular formula is C17H22F2N4O2. The van der Waals surface area contributed by atoms with Gasteiger partial charge in [-0.3, -0.25) is 0 Å². The van der Waals surface area contributed by atoms with Crippen LogP contribution in [-0.2, 0) is 13.1 Å². The Morgan fingerprint density at radius 3 is 2.76 bits per heavy atom. The third-order valence-corrected chi connectivity index (χ3v) is 3.37. The normalized spacial score (nSPS) is 11.7. The number of hydrogen-bond acceptors (Lipinski definition) is 4. The second-order valence-electron chi connectivity index (χ2n) is 5.32. The molecule has 2 N–H and O–H groups in total. The lowest BCUT2D eigenvalue weighted by molar-refractivity contribution is -0.0498. The monoisotopic (exact) mass is 352 g/mol. The van der Waals surface area contributed by atoms with E-state index in [9.17, 15) is 8.78 Å². The Hall–Kier alpha value is -2.64. The number of aliphatic imine (C=N–C) groups is 1. The summed E-state index contributed by atoms with van der Waals surface area (Å²) in [6, 6.07) is 6.48. The Bertz CT molecular complexity index is 697. The maximum absolute atomic E-state index is 12.3. The number of aromatic nitrogens is 1. The fraction of sp³-hybridized carbons (Fsp3) is 0.412. The Balaban J connectivity index is 1.98. The lowest BCUT2D eigenvalue weighted by atomic mass is 10.2. The van der Waals surface area contributed by atoms with Crippen LogP contribution in [0.25, 0.3) is 0 Å². The van der Waals surface area contributed by atoms with Gasteiger partial charge in [0.25, 0.3) is 0 Å². The van der Waals surface area contributed by atoms with Crippen LogP contribution >= 0.6 is 0 Å². The number of oxazole rings is 1. The predicted molar refractivity (Wildman–Crippen MR) is 90.7 cm³/mol. The van der Waals surface area contributed by atoms with E-state index in [-0.39, 0.29) is 5.75 Å². The molecule has 0 bridgehead atoms. The van der Waals surface area contributed by atoms with Crippen molar-refractivity contribution in [2.45, 2.75) is 40.5 Å². The van der Waals surface area contributed by atoms with Crippen molar-refractivity contribution in [1.29, 1.82) is 0 Å². The van der Waals surface area contributed by atoms with E-state index in [1.807, 2.05) is 20.8 Å². The second kappa shape index (κ2) is 9.00. The molecule has 8 heteroatoms. The summed E-state index contributed by atoms with van der Waals surface area (Å²) in [5.74, 6) is 2.06. The zero-order chi connectivity index (χ0) is 18.2. The molecule has 0 spiro atoms. The maximum atomic E-state index is 12.3. The van der Waals surface area contributed by atoms with Crippen molar-refractivity contribution in [2.24, 2.45) is 4.99 Å². The van der Waals surface area contributed by atoms with E-state index >= 15 is 0 Å². The zero-order valence-electron chi connectivity index (χ0n) is 14.5. The topological polar surface area (TPSA) is 71.7 Å². The molecule has 25 heavy (non-hydrogen) atoms. The van der Waals surface area contributed by atoms with E-state index in [1.54, 1.807) is 18.2 Å². The van der Waals surface area contributed by atoms with E-state index in [0.717, 1.165) is 17.0 Å². The van der Waals surface area contributed by atoms with Gasteiger partial charge in [0, 0.05) is 6.54 Å². The number of rotatable bonds is 7. The Morgan fingerprint density at radius 1 is 1.32 bits per heavy atom. The van der Waals surface area contributed by atoms with Crippen LogP contribution < -0.4 is 15.4 Å². The minimum atomic E-state index is -2.84. The van der Waals surface area contributed by atoms with Crippen LogP contribution in [-0.4, -0.2) is 24.1 Å². The van der Waals surface area contributed by atoms with Gasteiger partial charge in [-0.1, -0.05) is 12.1 Å². The number of alkyl halides is 2. The summed E-state index contributed by atoms with van der Waals surface area (Å²) in [5, 5.41) is 6.24. The fourth-order valence-electron chi connectivity index (χ4n) is 2.11. The van der Waals surface area contributed by atoms with Crippen molar-refractivity contribution < 1.29 is 17.9 Å². The molecule has 0 aliphatic rings. The number of ether oxygens (including phenoxy) is 1. The summed E-state index contributed by atoms with van der Waals surface area (Å²) in [7, 11) is 0. The number of nitrogens with one attached hydrogen (secondary N) is 2. The average molecular weight is 352 g/mol. The van der Waals surface area contributed by atoms with Crippen LogP contribution in [0, 0.1) is 13.8 Å². The van der Waals surface area contributed by atoms with Gasteiger partial charge in [-0.05, 0) is 38.5 Å². The fourth-order valence-corrected chi connectivity index (χ4v) is 2.11. The first-order valence-electron chi connectivity index (χ1n) is 7.96. The molecule has 0 unspecified atom stereocenters. The molecule has 1 heterocycles. The summed E-state index contributed by atoms with van der Waals surface area (Å²) in [6.45, 7) is 4.26. The Labute approximate surface area is 145 Å². The minimum Gasteiger partial charge on any atom is -0.444 e. The number of guanidine groups is 1. The second-order valence-corrected chi connectivity index (χ2v) is 5.32. The molecule has 0 aliphatic carbocycles. The SMILES string of the molecule is CCNC(=NCc1cccc(OC(F)F)c1)NCc1nc(C)c(C)o1. The lowest BCUT2D eigenvalue weighted by Gasteiger charge is -2.10.